The lowest BCUT2D eigenvalue weighted by Gasteiger charge is -2.24. The van der Waals surface area contributed by atoms with E-state index in [0.29, 0.717) is 18.9 Å². The molecule has 0 bridgehead atoms. The third-order valence-electron chi connectivity index (χ3n) is 3.53. The minimum Gasteiger partial charge on any atom is -0.481 e. The summed E-state index contributed by atoms with van der Waals surface area (Å²) in [5, 5.41) is 11.6. The minimum atomic E-state index is -0.763. The summed E-state index contributed by atoms with van der Waals surface area (Å²) in [6.45, 7) is 10.7. The van der Waals surface area contributed by atoms with Crippen LogP contribution < -0.4 is 5.32 Å². The van der Waals surface area contributed by atoms with Gasteiger partial charge in [-0.3, -0.25) is 9.59 Å². The Labute approximate surface area is 110 Å². The van der Waals surface area contributed by atoms with E-state index in [-0.39, 0.29) is 23.7 Å². The Bertz CT molecular complexity index is 285. The van der Waals surface area contributed by atoms with Crippen molar-refractivity contribution in [3.05, 3.63) is 0 Å². The van der Waals surface area contributed by atoms with Gasteiger partial charge in [-0.25, -0.2) is 0 Å². The van der Waals surface area contributed by atoms with E-state index in [9.17, 15) is 9.59 Å². The summed E-state index contributed by atoms with van der Waals surface area (Å²) in [4.78, 5) is 22.3. The fourth-order valence-corrected chi connectivity index (χ4v) is 1.56. The van der Waals surface area contributed by atoms with Crippen LogP contribution in [0, 0.1) is 17.3 Å². The Kier molecular flexibility index (Phi) is 6.96. The van der Waals surface area contributed by atoms with Crippen LogP contribution in [0.2, 0.25) is 0 Å². The number of rotatable bonds is 8. The van der Waals surface area contributed by atoms with Gasteiger partial charge in [0.25, 0.3) is 0 Å². The van der Waals surface area contributed by atoms with Gasteiger partial charge in [0, 0.05) is 18.9 Å². The summed E-state index contributed by atoms with van der Waals surface area (Å²) in [5.74, 6) is -0.322. The van der Waals surface area contributed by atoms with Gasteiger partial charge >= 0.3 is 5.97 Å². The minimum absolute atomic E-state index is 0.0205. The summed E-state index contributed by atoms with van der Waals surface area (Å²) in [6.07, 6.45) is 1.62. The van der Waals surface area contributed by atoms with Crippen LogP contribution in [-0.2, 0) is 9.59 Å². The van der Waals surface area contributed by atoms with Crippen LogP contribution in [0.25, 0.3) is 0 Å². The fraction of sp³-hybridized carbons (Fsp3) is 0.857. The standard InChI is InChI=1S/C14H27NO3/c1-10(2)11(3)13(18)15-9-8-14(4,5)7-6-12(16)17/h10-11H,6-9H2,1-5H3,(H,15,18)(H,16,17). The van der Waals surface area contributed by atoms with E-state index in [1.807, 2.05) is 34.6 Å². The van der Waals surface area contributed by atoms with Gasteiger partial charge in [0.2, 0.25) is 5.91 Å². The Balaban J connectivity index is 3.95. The van der Waals surface area contributed by atoms with Crippen molar-refractivity contribution in [1.82, 2.24) is 5.32 Å². The first kappa shape index (κ1) is 16.9. The van der Waals surface area contributed by atoms with Crippen molar-refractivity contribution in [2.75, 3.05) is 6.54 Å². The van der Waals surface area contributed by atoms with Gasteiger partial charge in [-0.1, -0.05) is 34.6 Å². The van der Waals surface area contributed by atoms with E-state index in [0.717, 1.165) is 6.42 Å². The average molecular weight is 257 g/mol. The molecule has 0 rings (SSSR count). The number of carboxylic acids is 1. The van der Waals surface area contributed by atoms with E-state index in [4.69, 9.17) is 5.11 Å². The quantitative estimate of drug-likeness (QED) is 0.702. The molecule has 106 valence electrons. The predicted molar refractivity (Wildman–Crippen MR) is 72.3 cm³/mol. The van der Waals surface area contributed by atoms with Gasteiger partial charge in [-0.15, -0.1) is 0 Å². The second-order valence-electron chi connectivity index (χ2n) is 6.13. The van der Waals surface area contributed by atoms with Gasteiger partial charge in [0.15, 0.2) is 0 Å². The van der Waals surface area contributed by atoms with Crippen molar-refractivity contribution in [3.8, 4) is 0 Å². The molecule has 0 aromatic heterocycles. The summed E-state index contributed by atoms with van der Waals surface area (Å²) in [6, 6.07) is 0. The largest absolute Gasteiger partial charge is 0.481 e. The topological polar surface area (TPSA) is 66.4 Å². The number of carbonyl (C=O) groups excluding carboxylic acids is 1. The SMILES string of the molecule is CC(C)C(C)C(=O)NCCC(C)(C)CCC(=O)O. The maximum atomic E-state index is 11.7. The van der Waals surface area contributed by atoms with Crippen molar-refractivity contribution in [3.63, 3.8) is 0 Å². The van der Waals surface area contributed by atoms with Crippen LogP contribution in [0.15, 0.2) is 0 Å². The normalized spacial score (nSPS) is 13.4. The van der Waals surface area contributed by atoms with Crippen LogP contribution in [0.1, 0.15) is 53.9 Å². The van der Waals surface area contributed by atoms with Crippen LogP contribution >= 0.6 is 0 Å². The van der Waals surface area contributed by atoms with Crippen molar-refractivity contribution >= 4 is 11.9 Å². The monoisotopic (exact) mass is 257 g/mol. The number of carbonyl (C=O) groups is 2. The summed E-state index contributed by atoms with van der Waals surface area (Å²) < 4.78 is 0. The molecular weight excluding hydrogens is 230 g/mol. The highest BCUT2D eigenvalue weighted by atomic mass is 16.4. The average Bonchev–Trinajstić information content (AvgIpc) is 2.25. The molecule has 0 fully saturated rings. The molecule has 0 aliphatic carbocycles. The van der Waals surface area contributed by atoms with Crippen molar-refractivity contribution in [2.45, 2.75) is 53.9 Å². The molecule has 1 unspecified atom stereocenters. The van der Waals surface area contributed by atoms with Gasteiger partial charge in [0.1, 0.15) is 0 Å². The number of hydrogen-bond acceptors (Lipinski definition) is 2. The number of hydrogen-bond donors (Lipinski definition) is 2. The van der Waals surface area contributed by atoms with E-state index in [1.165, 1.54) is 0 Å². The van der Waals surface area contributed by atoms with Crippen molar-refractivity contribution in [1.29, 1.82) is 0 Å². The maximum absolute atomic E-state index is 11.7. The van der Waals surface area contributed by atoms with Crippen LogP contribution in [0.5, 0.6) is 0 Å². The van der Waals surface area contributed by atoms with E-state index >= 15 is 0 Å². The molecule has 4 nitrogen and oxygen atoms in total. The fourth-order valence-electron chi connectivity index (χ4n) is 1.56. The smallest absolute Gasteiger partial charge is 0.303 e. The third kappa shape index (κ3) is 7.30. The number of nitrogens with one attached hydrogen (secondary N) is 1. The highest BCUT2D eigenvalue weighted by molar-refractivity contribution is 5.78. The molecule has 0 spiro atoms. The molecule has 0 saturated carbocycles. The maximum Gasteiger partial charge on any atom is 0.303 e. The Morgan fingerprint density at radius 3 is 2.17 bits per heavy atom. The predicted octanol–water partition coefficient (Wildman–Crippen LogP) is 2.68. The van der Waals surface area contributed by atoms with E-state index in [2.05, 4.69) is 5.32 Å². The molecule has 1 amide bonds. The van der Waals surface area contributed by atoms with E-state index in [1.54, 1.807) is 0 Å². The van der Waals surface area contributed by atoms with Gasteiger partial charge in [0.05, 0.1) is 0 Å². The van der Waals surface area contributed by atoms with Gasteiger partial charge < -0.3 is 10.4 Å². The first-order valence-electron chi connectivity index (χ1n) is 6.65. The Morgan fingerprint density at radius 2 is 1.72 bits per heavy atom. The van der Waals surface area contributed by atoms with Gasteiger partial charge in [-0.05, 0) is 24.2 Å². The second-order valence-corrected chi connectivity index (χ2v) is 6.13. The molecule has 0 radical (unpaired) electrons. The summed E-state index contributed by atoms with van der Waals surface area (Å²) >= 11 is 0. The highest BCUT2D eigenvalue weighted by Crippen LogP contribution is 2.26. The van der Waals surface area contributed by atoms with Crippen LogP contribution in [0.4, 0.5) is 0 Å². The lowest BCUT2D eigenvalue weighted by Crippen LogP contribution is -2.34. The van der Waals surface area contributed by atoms with E-state index < -0.39 is 5.97 Å². The number of amides is 1. The molecule has 1 atom stereocenters. The highest BCUT2D eigenvalue weighted by Gasteiger charge is 2.21. The molecule has 2 N–H and O–H groups in total. The molecule has 0 aromatic carbocycles. The molecule has 4 heteroatoms. The summed E-state index contributed by atoms with van der Waals surface area (Å²) in [7, 11) is 0. The second kappa shape index (κ2) is 7.39. The number of aliphatic carboxylic acids is 1. The Hall–Kier alpha value is -1.06. The van der Waals surface area contributed by atoms with Crippen molar-refractivity contribution in [2.24, 2.45) is 17.3 Å². The van der Waals surface area contributed by atoms with Crippen molar-refractivity contribution < 1.29 is 14.7 Å². The molecule has 0 aliphatic heterocycles. The number of carboxylic acid groups (broad SMARTS) is 1. The zero-order chi connectivity index (χ0) is 14.3. The molecule has 0 aliphatic rings. The van der Waals surface area contributed by atoms with Gasteiger partial charge in [-0.2, -0.15) is 0 Å². The lowest BCUT2D eigenvalue weighted by atomic mass is 9.84. The zero-order valence-electron chi connectivity index (χ0n) is 12.2. The zero-order valence-corrected chi connectivity index (χ0v) is 12.2. The first-order chi connectivity index (χ1) is 8.15. The third-order valence-corrected chi connectivity index (χ3v) is 3.53. The molecule has 0 heterocycles. The molecule has 0 aromatic rings. The van der Waals surface area contributed by atoms with Crippen LogP contribution in [0.3, 0.4) is 0 Å². The molecular formula is C14H27NO3. The molecule has 18 heavy (non-hydrogen) atoms. The lowest BCUT2D eigenvalue weighted by molar-refractivity contribution is -0.137. The Morgan fingerprint density at radius 1 is 1.17 bits per heavy atom. The summed E-state index contributed by atoms with van der Waals surface area (Å²) in [5.41, 5.74) is -0.0489. The van der Waals surface area contributed by atoms with Crippen LogP contribution in [-0.4, -0.2) is 23.5 Å². The molecule has 0 saturated heterocycles. The first-order valence-corrected chi connectivity index (χ1v) is 6.65.